The molecular weight excluding hydrogens is 290 g/mol. The van der Waals surface area contributed by atoms with Gasteiger partial charge in [-0.3, -0.25) is 9.59 Å². The fourth-order valence-corrected chi connectivity index (χ4v) is 2.93. The fourth-order valence-electron chi connectivity index (χ4n) is 2.76. The molecule has 1 atom stereocenters. The Balaban J connectivity index is 1.75. The van der Waals surface area contributed by atoms with Gasteiger partial charge in [0.1, 0.15) is 6.54 Å². The molecule has 0 bridgehead atoms. The van der Waals surface area contributed by atoms with Gasteiger partial charge < -0.3 is 15.2 Å². The van der Waals surface area contributed by atoms with E-state index >= 15 is 0 Å². The molecule has 1 unspecified atom stereocenters. The monoisotopic (exact) mass is 305 g/mol. The zero-order valence-corrected chi connectivity index (χ0v) is 12.2. The van der Waals surface area contributed by atoms with Crippen LogP contribution in [0.4, 0.5) is 0 Å². The normalized spacial score (nSPS) is 18.3. The van der Waals surface area contributed by atoms with Crippen LogP contribution in [0.5, 0.6) is 0 Å². The number of hydrogen-bond acceptors (Lipinski definition) is 2. The minimum atomic E-state index is -0.330. The van der Waals surface area contributed by atoms with E-state index in [1.54, 1.807) is 4.90 Å². The van der Waals surface area contributed by atoms with E-state index in [9.17, 15) is 9.59 Å². The Morgan fingerprint density at radius 3 is 2.86 bits per heavy atom. The number of primary amides is 1. The van der Waals surface area contributed by atoms with Gasteiger partial charge in [0.05, 0.1) is 5.92 Å². The molecule has 0 spiro atoms. The molecular formula is C15H16ClN3O2. The number of nitrogens with two attached hydrogens (primary N) is 1. The van der Waals surface area contributed by atoms with Crippen molar-refractivity contribution in [3.05, 3.63) is 35.5 Å². The highest BCUT2D eigenvalue weighted by Crippen LogP contribution is 2.21. The fraction of sp³-hybridized carbons (Fsp3) is 0.333. The standard InChI is InChI=1S/C15H16ClN3O2/c16-12-2-1-10-3-5-18(13(10)7-12)9-14(20)19-6-4-11(8-19)15(17)21/h1-3,5,7,11H,4,6,8-9H2,(H2,17,21). The second-order valence-corrected chi connectivity index (χ2v) is 5.81. The van der Waals surface area contributed by atoms with Crippen molar-refractivity contribution in [3.63, 3.8) is 0 Å². The molecule has 2 N–H and O–H groups in total. The molecule has 3 rings (SSSR count). The molecule has 2 amide bonds. The summed E-state index contributed by atoms with van der Waals surface area (Å²) in [7, 11) is 0. The molecule has 1 aliphatic heterocycles. The van der Waals surface area contributed by atoms with E-state index in [1.165, 1.54) is 0 Å². The number of halogens is 1. The predicted octanol–water partition coefficient (Wildman–Crippen LogP) is 1.63. The van der Waals surface area contributed by atoms with Gasteiger partial charge in [-0.1, -0.05) is 17.7 Å². The average Bonchev–Trinajstić information content (AvgIpc) is 3.06. The van der Waals surface area contributed by atoms with Gasteiger partial charge >= 0.3 is 0 Å². The molecule has 1 saturated heterocycles. The van der Waals surface area contributed by atoms with Crippen molar-refractivity contribution < 1.29 is 9.59 Å². The van der Waals surface area contributed by atoms with Crippen LogP contribution in [0, 0.1) is 5.92 Å². The summed E-state index contributed by atoms with van der Waals surface area (Å²) in [6.45, 7) is 1.26. The van der Waals surface area contributed by atoms with Crippen LogP contribution in [0.3, 0.4) is 0 Å². The zero-order chi connectivity index (χ0) is 15.0. The molecule has 1 aromatic heterocycles. The van der Waals surface area contributed by atoms with E-state index in [1.807, 2.05) is 35.0 Å². The number of nitrogens with zero attached hydrogens (tertiary/aromatic N) is 2. The predicted molar refractivity (Wildman–Crippen MR) is 80.8 cm³/mol. The lowest BCUT2D eigenvalue weighted by molar-refractivity contribution is -0.131. The first-order chi connectivity index (χ1) is 10.0. The summed E-state index contributed by atoms with van der Waals surface area (Å²) < 4.78 is 1.88. The number of hydrogen-bond donors (Lipinski definition) is 1. The Labute approximate surface area is 127 Å². The summed E-state index contributed by atoms with van der Waals surface area (Å²) in [5, 5.41) is 1.69. The number of amides is 2. The van der Waals surface area contributed by atoms with Crippen LogP contribution in [0.1, 0.15) is 6.42 Å². The van der Waals surface area contributed by atoms with Crippen molar-refractivity contribution in [1.82, 2.24) is 9.47 Å². The summed E-state index contributed by atoms with van der Waals surface area (Å²) in [6, 6.07) is 7.56. The number of aromatic nitrogens is 1. The SMILES string of the molecule is NC(=O)C1CCN(C(=O)Cn2ccc3ccc(Cl)cc32)C1. The first-order valence-corrected chi connectivity index (χ1v) is 7.24. The van der Waals surface area contributed by atoms with Crippen molar-refractivity contribution in [3.8, 4) is 0 Å². The first kappa shape index (κ1) is 13.9. The van der Waals surface area contributed by atoms with Crippen molar-refractivity contribution in [2.45, 2.75) is 13.0 Å². The Hall–Kier alpha value is -2.01. The van der Waals surface area contributed by atoms with Crippen LogP contribution in [0.15, 0.2) is 30.5 Å². The van der Waals surface area contributed by atoms with E-state index in [4.69, 9.17) is 17.3 Å². The van der Waals surface area contributed by atoms with Crippen LogP contribution in [-0.4, -0.2) is 34.4 Å². The Kier molecular flexibility index (Phi) is 3.59. The minimum Gasteiger partial charge on any atom is -0.369 e. The van der Waals surface area contributed by atoms with Gasteiger partial charge in [0, 0.05) is 29.8 Å². The quantitative estimate of drug-likeness (QED) is 0.936. The number of rotatable bonds is 3. The Bertz CT molecular complexity index is 710. The maximum atomic E-state index is 12.3. The highest BCUT2D eigenvalue weighted by Gasteiger charge is 2.29. The second-order valence-electron chi connectivity index (χ2n) is 5.37. The Morgan fingerprint density at radius 2 is 2.14 bits per heavy atom. The lowest BCUT2D eigenvalue weighted by Gasteiger charge is -2.16. The summed E-state index contributed by atoms with van der Waals surface area (Å²) in [5.41, 5.74) is 6.22. The second kappa shape index (κ2) is 5.41. The van der Waals surface area contributed by atoms with Gasteiger partial charge in [0.2, 0.25) is 11.8 Å². The highest BCUT2D eigenvalue weighted by atomic mass is 35.5. The number of fused-ring (bicyclic) bond motifs is 1. The lowest BCUT2D eigenvalue weighted by atomic mass is 10.1. The topological polar surface area (TPSA) is 68.3 Å². The van der Waals surface area contributed by atoms with Gasteiger partial charge in [-0.2, -0.15) is 0 Å². The van der Waals surface area contributed by atoms with E-state index in [-0.39, 0.29) is 24.3 Å². The number of benzene rings is 1. The molecule has 21 heavy (non-hydrogen) atoms. The summed E-state index contributed by atoms with van der Waals surface area (Å²) in [4.78, 5) is 25.2. The Morgan fingerprint density at radius 1 is 1.33 bits per heavy atom. The van der Waals surface area contributed by atoms with Crippen LogP contribution in [0.2, 0.25) is 5.02 Å². The molecule has 1 aromatic carbocycles. The molecule has 0 radical (unpaired) electrons. The van der Waals surface area contributed by atoms with Gasteiger partial charge in [-0.05, 0) is 30.0 Å². The van der Waals surface area contributed by atoms with Crippen LogP contribution in [-0.2, 0) is 16.1 Å². The smallest absolute Gasteiger partial charge is 0.242 e. The first-order valence-electron chi connectivity index (χ1n) is 6.86. The minimum absolute atomic E-state index is 0.00349. The molecule has 2 aromatic rings. The third-order valence-corrected chi connectivity index (χ3v) is 4.22. The maximum Gasteiger partial charge on any atom is 0.242 e. The summed E-state index contributed by atoms with van der Waals surface area (Å²) in [5.74, 6) is -0.551. The molecule has 1 aliphatic rings. The number of carbonyl (C=O) groups excluding carboxylic acids is 2. The van der Waals surface area contributed by atoms with Gasteiger partial charge in [-0.15, -0.1) is 0 Å². The van der Waals surface area contributed by atoms with E-state index < -0.39 is 0 Å². The van der Waals surface area contributed by atoms with Crippen LogP contribution < -0.4 is 5.73 Å². The molecule has 2 heterocycles. The van der Waals surface area contributed by atoms with Crippen molar-refractivity contribution in [2.24, 2.45) is 11.7 Å². The third-order valence-electron chi connectivity index (χ3n) is 3.98. The summed E-state index contributed by atoms with van der Waals surface area (Å²) >= 11 is 6.01. The third kappa shape index (κ3) is 2.74. The van der Waals surface area contributed by atoms with Crippen LogP contribution in [0.25, 0.3) is 10.9 Å². The van der Waals surface area contributed by atoms with Crippen molar-refractivity contribution >= 4 is 34.3 Å². The van der Waals surface area contributed by atoms with Gasteiger partial charge in [0.25, 0.3) is 0 Å². The number of likely N-dealkylation sites (tertiary alicyclic amines) is 1. The van der Waals surface area contributed by atoms with Gasteiger partial charge in [-0.25, -0.2) is 0 Å². The molecule has 0 aliphatic carbocycles. The molecule has 0 saturated carbocycles. The van der Waals surface area contributed by atoms with Crippen molar-refractivity contribution in [2.75, 3.05) is 13.1 Å². The van der Waals surface area contributed by atoms with E-state index in [2.05, 4.69) is 0 Å². The largest absolute Gasteiger partial charge is 0.369 e. The van der Waals surface area contributed by atoms with Crippen molar-refractivity contribution in [1.29, 1.82) is 0 Å². The molecule has 1 fully saturated rings. The number of carbonyl (C=O) groups is 2. The molecule has 5 nitrogen and oxygen atoms in total. The zero-order valence-electron chi connectivity index (χ0n) is 11.5. The van der Waals surface area contributed by atoms with Gasteiger partial charge in [0.15, 0.2) is 0 Å². The summed E-state index contributed by atoms with van der Waals surface area (Å²) in [6.07, 6.45) is 2.53. The average molecular weight is 306 g/mol. The maximum absolute atomic E-state index is 12.3. The van der Waals surface area contributed by atoms with E-state index in [0.29, 0.717) is 24.5 Å². The van der Waals surface area contributed by atoms with Crippen LogP contribution >= 0.6 is 11.6 Å². The molecule has 110 valence electrons. The highest BCUT2D eigenvalue weighted by molar-refractivity contribution is 6.31. The molecule has 6 heteroatoms. The lowest BCUT2D eigenvalue weighted by Crippen LogP contribution is -2.33. The van der Waals surface area contributed by atoms with E-state index in [0.717, 1.165) is 10.9 Å².